The molecule has 0 saturated carbocycles. The van der Waals surface area contributed by atoms with Gasteiger partial charge >= 0.3 is 0 Å². The van der Waals surface area contributed by atoms with Gasteiger partial charge in [-0.1, -0.05) is 30.7 Å². The van der Waals surface area contributed by atoms with Crippen molar-refractivity contribution in [3.8, 4) is 11.5 Å². The van der Waals surface area contributed by atoms with Crippen molar-refractivity contribution >= 4 is 36.4 Å². The molecule has 0 bridgehead atoms. The molecule has 1 fully saturated rings. The van der Waals surface area contributed by atoms with Crippen LogP contribution in [0.25, 0.3) is 0 Å². The van der Waals surface area contributed by atoms with E-state index in [4.69, 9.17) is 21.1 Å². The molecule has 1 unspecified atom stereocenters. The number of likely N-dealkylation sites (N-methyl/N-ethyl adjacent to an activating group) is 1. The minimum Gasteiger partial charge on any atom is -0.493 e. The Balaban J connectivity index is 0.00000210. The molecule has 0 amide bonds. The third-order valence-electron chi connectivity index (χ3n) is 5.03. The number of aromatic nitrogens is 1. The van der Waals surface area contributed by atoms with Gasteiger partial charge < -0.3 is 14.8 Å². The highest BCUT2D eigenvalue weighted by Crippen LogP contribution is 2.29. The molecule has 29 heavy (non-hydrogen) atoms. The van der Waals surface area contributed by atoms with E-state index in [0.29, 0.717) is 17.8 Å². The standard InChI is InChI=1S/C21H28ClN3O2.2ClH/c1-3-25-10-4-5-18(25)14-23-12-16-6-8-19(20(11-16)26-2)27-15-17-7-9-21(22)24-13-17;;/h6-9,11,13,18,23H,3-5,10,12,14-15H2,1-2H3;2*1H. The Morgan fingerprint density at radius 1 is 1.17 bits per heavy atom. The Morgan fingerprint density at radius 3 is 2.66 bits per heavy atom. The lowest BCUT2D eigenvalue weighted by molar-refractivity contribution is 0.260. The van der Waals surface area contributed by atoms with Crippen molar-refractivity contribution in [1.82, 2.24) is 15.2 Å². The maximum Gasteiger partial charge on any atom is 0.161 e. The molecule has 162 valence electrons. The SMILES string of the molecule is CCN1CCCC1CNCc1ccc(OCc2ccc(Cl)nc2)c(OC)c1.Cl.Cl. The van der Waals surface area contributed by atoms with Crippen LogP contribution in [0.2, 0.25) is 5.15 Å². The topological polar surface area (TPSA) is 46.6 Å². The van der Waals surface area contributed by atoms with Crippen molar-refractivity contribution in [3.63, 3.8) is 0 Å². The second kappa shape index (κ2) is 13.1. The minimum atomic E-state index is 0. The summed E-state index contributed by atoms with van der Waals surface area (Å²) in [5.41, 5.74) is 2.15. The fraction of sp³-hybridized carbons (Fsp3) is 0.476. The first-order valence-electron chi connectivity index (χ1n) is 9.54. The van der Waals surface area contributed by atoms with Crippen molar-refractivity contribution in [2.75, 3.05) is 26.7 Å². The molecule has 1 aliphatic heterocycles. The maximum atomic E-state index is 5.89. The van der Waals surface area contributed by atoms with Crippen LogP contribution in [0.5, 0.6) is 11.5 Å². The van der Waals surface area contributed by atoms with Gasteiger partial charge in [0.15, 0.2) is 11.5 Å². The van der Waals surface area contributed by atoms with Crippen molar-refractivity contribution < 1.29 is 9.47 Å². The number of nitrogens with zero attached hydrogens (tertiary/aromatic N) is 2. The number of ether oxygens (including phenoxy) is 2. The van der Waals surface area contributed by atoms with Crippen LogP contribution in [0.3, 0.4) is 0 Å². The summed E-state index contributed by atoms with van der Waals surface area (Å²) >= 11 is 5.81. The zero-order chi connectivity index (χ0) is 19.1. The lowest BCUT2D eigenvalue weighted by atomic mass is 10.1. The fourth-order valence-corrected chi connectivity index (χ4v) is 3.63. The normalized spacial score (nSPS) is 16.0. The van der Waals surface area contributed by atoms with Gasteiger partial charge in [0.2, 0.25) is 0 Å². The fourth-order valence-electron chi connectivity index (χ4n) is 3.52. The van der Waals surface area contributed by atoms with Gasteiger partial charge in [-0.15, -0.1) is 24.8 Å². The first kappa shape index (κ1) is 25.8. The maximum absolute atomic E-state index is 5.89. The lowest BCUT2D eigenvalue weighted by Gasteiger charge is -2.23. The molecule has 0 radical (unpaired) electrons. The number of pyridine rings is 1. The summed E-state index contributed by atoms with van der Waals surface area (Å²) in [6.45, 7) is 6.87. The molecule has 2 heterocycles. The second-order valence-corrected chi connectivity index (χ2v) is 7.21. The van der Waals surface area contributed by atoms with E-state index in [-0.39, 0.29) is 24.8 Å². The average molecular weight is 463 g/mol. The van der Waals surface area contributed by atoms with Crippen molar-refractivity contribution in [1.29, 1.82) is 0 Å². The summed E-state index contributed by atoms with van der Waals surface area (Å²) in [4.78, 5) is 6.62. The first-order valence-corrected chi connectivity index (χ1v) is 9.92. The first-order chi connectivity index (χ1) is 13.2. The van der Waals surface area contributed by atoms with Crippen LogP contribution in [-0.4, -0.2) is 42.7 Å². The van der Waals surface area contributed by atoms with E-state index in [2.05, 4.69) is 28.2 Å². The van der Waals surface area contributed by atoms with Crippen LogP contribution < -0.4 is 14.8 Å². The number of methoxy groups -OCH3 is 1. The summed E-state index contributed by atoms with van der Waals surface area (Å²) in [5, 5.41) is 4.06. The Hall–Kier alpha value is -1.24. The van der Waals surface area contributed by atoms with Gasteiger partial charge in [-0.2, -0.15) is 0 Å². The van der Waals surface area contributed by atoms with Crippen molar-refractivity contribution in [3.05, 3.63) is 52.8 Å². The zero-order valence-corrected chi connectivity index (χ0v) is 19.3. The zero-order valence-electron chi connectivity index (χ0n) is 16.9. The van der Waals surface area contributed by atoms with E-state index in [9.17, 15) is 0 Å². The Bertz CT molecular complexity index is 732. The highest BCUT2D eigenvalue weighted by molar-refractivity contribution is 6.29. The number of rotatable bonds is 9. The molecule has 1 N–H and O–H groups in total. The van der Waals surface area contributed by atoms with Crippen LogP contribution in [-0.2, 0) is 13.2 Å². The van der Waals surface area contributed by atoms with Gasteiger partial charge in [0, 0.05) is 30.9 Å². The number of halogens is 3. The van der Waals surface area contributed by atoms with Crippen molar-refractivity contribution in [2.24, 2.45) is 0 Å². The molecule has 8 heteroatoms. The van der Waals surface area contributed by atoms with E-state index in [1.54, 1.807) is 19.4 Å². The van der Waals surface area contributed by atoms with E-state index >= 15 is 0 Å². The van der Waals surface area contributed by atoms with Crippen LogP contribution in [0.1, 0.15) is 30.9 Å². The van der Waals surface area contributed by atoms with Gasteiger partial charge in [-0.25, -0.2) is 4.98 Å². The molecular weight excluding hydrogens is 433 g/mol. The molecule has 1 aliphatic rings. The van der Waals surface area contributed by atoms with Gasteiger partial charge in [-0.05, 0) is 49.7 Å². The lowest BCUT2D eigenvalue weighted by Crippen LogP contribution is -2.37. The second-order valence-electron chi connectivity index (χ2n) is 6.82. The minimum absolute atomic E-state index is 0. The van der Waals surface area contributed by atoms with Gasteiger partial charge in [0.1, 0.15) is 11.8 Å². The molecule has 5 nitrogen and oxygen atoms in total. The summed E-state index contributed by atoms with van der Waals surface area (Å²) in [5.74, 6) is 1.47. The average Bonchev–Trinajstić information content (AvgIpc) is 3.15. The Labute approximate surface area is 190 Å². The van der Waals surface area contributed by atoms with E-state index in [0.717, 1.165) is 36.7 Å². The van der Waals surface area contributed by atoms with Crippen LogP contribution >= 0.6 is 36.4 Å². The molecule has 1 aromatic heterocycles. The van der Waals surface area contributed by atoms with E-state index in [1.165, 1.54) is 24.9 Å². The summed E-state index contributed by atoms with van der Waals surface area (Å²) in [6.07, 6.45) is 4.31. The number of likely N-dealkylation sites (tertiary alicyclic amines) is 1. The number of nitrogens with one attached hydrogen (secondary N) is 1. The molecule has 1 atom stereocenters. The van der Waals surface area contributed by atoms with Crippen LogP contribution in [0, 0.1) is 0 Å². The highest BCUT2D eigenvalue weighted by atomic mass is 35.5. The van der Waals surface area contributed by atoms with Crippen LogP contribution in [0.4, 0.5) is 0 Å². The highest BCUT2D eigenvalue weighted by Gasteiger charge is 2.22. The predicted octanol–water partition coefficient (Wildman–Crippen LogP) is 4.74. The van der Waals surface area contributed by atoms with Gasteiger partial charge in [0.05, 0.1) is 7.11 Å². The number of hydrogen-bond donors (Lipinski definition) is 1. The Kier molecular flexibility index (Phi) is 11.7. The van der Waals surface area contributed by atoms with E-state index in [1.807, 2.05) is 18.2 Å². The van der Waals surface area contributed by atoms with Crippen molar-refractivity contribution in [2.45, 2.75) is 39.0 Å². The molecule has 0 aliphatic carbocycles. The van der Waals surface area contributed by atoms with Crippen LogP contribution in [0.15, 0.2) is 36.5 Å². The molecule has 1 saturated heterocycles. The smallest absolute Gasteiger partial charge is 0.161 e. The van der Waals surface area contributed by atoms with Gasteiger partial charge in [0.25, 0.3) is 0 Å². The molecule has 0 spiro atoms. The third-order valence-corrected chi connectivity index (χ3v) is 5.25. The number of benzene rings is 1. The molecule has 3 rings (SSSR count). The third kappa shape index (κ3) is 7.50. The summed E-state index contributed by atoms with van der Waals surface area (Å²) in [7, 11) is 1.67. The summed E-state index contributed by atoms with van der Waals surface area (Å²) < 4.78 is 11.4. The van der Waals surface area contributed by atoms with Gasteiger partial charge in [-0.3, -0.25) is 4.90 Å². The summed E-state index contributed by atoms with van der Waals surface area (Å²) in [6, 6.07) is 10.4. The largest absolute Gasteiger partial charge is 0.493 e. The molecular formula is C21H30Cl3N3O2. The monoisotopic (exact) mass is 461 g/mol. The quantitative estimate of drug-likeness (QED) is 0.545. The molecule has 2 aromatic rings. The Morgan fingerprint density at radius 2 is 1.97 bits per heavy atom. The molecule has 1 aromatic carbocycles. The predicted molar refractivity (Wildman–Crippen MR) is 123 cm³/mol. The van der Waals surface area contributed by atoms with E-state index < -0.39 is 0 Å². The number of hydrogen-bond acceptors (Lipinski definition) is 5.